The molecule has 6 heteroatoms. The minimum Gasteiger partial charge on any atom is -0.654 e. The summed E-state index contributed by atoms with van der Waals surface area (Å²) in [6, 6.07) is 20.2. The summed E-state index contributed by atoms with van der Waals surface area (Å²) in [4.78, 5) is 19.0. The van der Waals surface area contributed by atoms with E-state index in [1.54, 1.807) is 21.0 Å². The van der Waals surface area contributed by atoms with Crippen LogP contribution in [-0.2, 0) is 9.45 Å². The van der Waals surface area contributed by atoms with Crippen molar-refractivity contribution < 1.29 is 14.4 Å². The Labute approximate surface area is 162 Å². The van der Waals surface area contributed by atoms with Crippen molar-refractivity contribution in [2.24, 2.45) is 4.90 Å². The van der Waals surface area contributed by atoms with Crippen LogP contribution in [0.4, 0.5) is 0 Å². The van der Waals surface area contributed by atoms with Gasteiger partial charge >= 0.3 is 32.3 Å². The number of rotatable bonds is 3. The van der Waals surface area contributed by atoms with Gasteiger partial charge in [-0.25, -0.2) is 0 Å². The molecular weight excluding hydrogens is 334 g/mol. The quantitative estimate of drug-likeness (QED) is 0.838. The van der Waals surface area contributed by atoms with E-state index in [1.165, 1.54) is 0 Å². The summed E-state index contributed by atoms with van der Waals surface area (Å²) >= 11 is 0. The molecule has 0 aliphatic carbocycles. The maximum absolute atomic E-state index is 11.9. The Hall–Kier alpha value is -2.75. The van der Waals surface area contributed by atoms with Gasteiger partial charge in [-0.3, -0.25) is 4.79 Å². The summed E-state index contributed by atoms with van der Waals surface area (Å²) in [6.45, 7) is 5.61. The van der Waals surface area contributed by atoms with E-state index in [4.69, 9.17) is 4.65 Å². The Morgan fingerprint density at radius 3 is 1.78 bits per heavy atom. The fraction of sp³-hybridized carbons (Fsp3) is 0.238. The molecular formula is C21H26B2N2O2. The molecule has 1 heterocycles. The molecule has 2 aromatic rings. The number of hydrogen-bond acceptors (Lipinski definition) is 3. The first-order valence-corrected chi connectivity index (χ1v) is 9.11. The van der Waals surface area contributed by atoms with Crippen LogP contribution in [-0.4, -0.2) is 32.1 Å². The Morgan fingerprint density at radius 1 is 1.00 bits per heavy atom. The zero-order valence-electron chi connectivity index (χ0n) is 16.7. The monoisotopic (exact) mass is 360 g/mol. The van der Waals surface area contributed by atoms with Gasteiger partial charge in [0.1, 0.15) is 11.3 Å². The molecule has 1 N–H and O–H groups in total. The molecule has 2 aromatic carbocycles. The number of carbonyl (C=O) groups excluding carboxylic acids is 1. The van der Waals surface area contributed by atoms with Gasteiger partial charge in [0.15, 0.2) is 5.78 Å². The number of nitrogens with one attached hydrogen (secondary N) is 1. The van der Waals surface area contributed by atoms with E-state index in [2.05, 4.69) is 34.1 Å². The van der Waals surface area contributed by atoms with Crippen LogP contribution in [0, 0.1) is 0 Å². The summed E-state index contributed by atoms with van der Waals surface area (Å²) in [7, 11) is 3.50. The Balaban J connectivity index is 0.000000596. The predicted molar refractivity (Wildman–Crippen MR) is 114 cm³/mol. The molecule has 1 aliphatic heterocycles. The molecule has 4 nitrogen and oxygen atoms in total. The van der Waals surface area contributed by atoms with E-state index in [0.717, 1.165) is 16.6 Å². The number of benzene rings is 2. The van der Waals surface area contributed by atoms with Gasteiger partial charge in [0.25, 0.3) is 0 Å². The summed E-state index contributed by atoms with van der Waals surface area (Å²) in [6.07, 6.45) is 0. The summed E-state index contributed by atoms with van der Waals surface area (Å²) in [5.74, 6) is 0.680. The molecule has 0 saturated heterocycles. The van der Waals surface area contributed by atoms with Gasteiger partial charge in [-0.2, -0.15) is 0 Å². The van der Waals surface area contributed by atoms with Crippen LogP contribution in [0.1, 0.15) is 20.8 Å². The molecule has 0 fully saturated rings. The number of Topliss-reactive ketones (excluding diaryl/α,β-unsaturated/α-hetero) is 1. The zero-order chi connectivity index (χ0) is 19.9. The molecule has 0 unspecified atom stereocenters. The smallest absolute Gasteiger partial charge is 0.506 e. The predicted octanol–water partition coefficient (Wildman–Crippen LogP) is 1.23. The zero-order valence-corrected chi connectivity index (χ0v) is 16.7. The van der Waals surface area contributed by atoms with Crippen molar-refractivity contribution in [1.82, 2.24) is 0 Å². The van der Waals surface area contributed by atoms with E-state index in [9.17, 15) is 4.79 Å². The normalized spacial score (nSPS) is 15.2. The Bertz CT molecular complexity index is 832. The van der Waals surface area contributed by atoms with Crippen molar-refractivity contribution in [3.8, 4) is 0 Å². The third-order valence-corrected chi connectivity index (χ3v) is 4.65. The first-order valence-electron chi connectivity index (χ1n) is 9.11. The van der Waals surface area contributed by atoms with E-state index in [-0.39, 0.29) is 5.78 Å². The van der Waals surface area contributed by atoms with Crippen LogP contribution >= 0.6 is 0 Å². The van der Waals surface area contributed by atoms with Gasteiger partial charge in [-0.15, -0.1) is 0 Å². The van der Waals surface area contributed by atoms with Crippen LogP contribution in [0.25, 0.3) is 0 Å². The molecule has 0 bridgehead atoms. The third-order valence-electron chi connectivity index (χ3n) is 4.65. The second kappa shape index (κ2) is 9.26. The Kier molecular flexibility index (Phi) is 7.05. The first kappa shape index (κ1) is 20.6. The molecule has 3 rings (SSSR count). The molecule has 0 spiro atoms. The number of carbonyl (C=O) groups is 1. The third kappa shape index (κ3) is 4.51. The maximum Gasteiger partial charge on any atom is 0.506 e. The maximum atomic E-state index is 11.9. The van der Waals surface area contributed by atoms with Crippen molar-refractivity contribution in [2.45, 2.75) is 27.6 Å². The number of nitrogens with zero attached hydrogens (tertiary/aromatic N) is 1. The number of hydrogen-bond donors (Lipinski definition) is 1. The van der Waals surface area contributed by atoms with Crippen molar-refractivity contribution in [3.63, 3.8) is 0 Å². The van der Waals surface area contributed by atoms with Crippen LogP contribution in [0.5, 0.6) is 0 Å². The molecule has 0 saturated carbocycles. The summed E-state index contributed by atoms with van der Waals surface area (Å²) < 4.78 is 6.38. The fourth-order valence-corrected chi connectivity index (χ4v) is 3.45. The van der Waals surface area contributed by atoms with Crippen LogP contribution in [0.3, 0.4) is 0 Å². The van der Waals surface area contributed by atoms with Crippen molar-refractivity contribution in [3.05, 3.63) is 72.0 Å². The van der Waals surface area contributed by atoms with Gasteiger partial charge in [0.2, 0.25) is 0 Å². The Morgan fingerprint density at radius 2 is 1.44 bits per heavy atom. The average molecular weight is 360 g/mol. The fourth-order valence-electron chi connectivity index (χ4n) is 3.45. The minimum absolute atomic E-state index is 0.0121. The number of ketones is 1. The molecule has 0 amide bonds. The molecule has 0 aromatic heterocycles. The minimum atomic E-state index is -1.64. The van der Waals surface area contributed by atoms with Gasteiger partial charge in [-0.1, -0.05) is 71.6 Å². The summed E-state index contributed by atoms with van der Waals surface area (Å²) in [5, 5.41) is 0. The van der Waals surface area contributed by atoms with Gasteiger partial charge < -0.3 is 9.56 Å². The van der Waals surface area contributed by atoms with Crippen molar-refractivity contribution >= 4 is 36.0 Å². The van der Waals surface area contributed by atoms with Gasteiger partial charge in [0.05, 0.1) is 5.76 Å². The standard InChI is InChI=1S/C19H20BNO2.C2H6BN/c1-14-19(15(2)22)16(3)23-20(21-14,17-10-6-4-7-11-17)18-12-8-5-9-13-18;1-3-4-2/h4-13,21H,1-3H3;1-2H3. The van der Waals surface area contributed by atoms with Crippen LogP contribution < -0.4 is 15.8 Å². The molecule has 0 radical (unpaired) electrons. The molecule has 0 atom stereocenters. The SMILES string of the molecule is CB=NC.CC(=O)C1=C(C)O[B-](c2ccccc2)(c2ccccc2)[NH+]=C1C. The molecule has 1 aliphatic rings. The molecule has 27 heavy (non-hydrogen) atoms. The largest absolute Gasteiger partial charge is 0.654 e. The average Bonchev–Trinajstić information content (AvgIpc) is 2.68. The van der Waals surface area contributed by atoms with Crippen LogP contribution in [0.2, 0.25) is 6.82 Å². The van der Waals surface area contributed by atoms with E-state index in [1.807, 2.05) is 57.1 Å². The van der Waals surface area contributed by atoms with E-state index >= 15 is 0 Å². The second-order valence-electron chi connectivity index (χ2n) is 6.50. The second-order valence-corrected chi connectivity index (χ2v) is 6.50. The number of allylic oxidation sites excluding steroid dienone is 2. The van der Waals surface area contributed by atoms with Gasteiger partial charge in [0, 0.05) is 6.92 Å². The van der Waals surface area contributed by atoms with E-state index in [0.29, 0.717) is 11.3 Å². The topological polar surface area (TPSA) is 52.6 Å². The van der Waals surface area contributed by atoms with E-state index < -0.39 is 6.48 Å². The van der Waals surface area contributed by atoms with Crippen molar-refractivity contribution in [2.75, 3.05) is 7.05 Å². The van der Waals surface area contributed by atoms with Crippen molar-refractivity contribution in [1.29, 1.82) is 0 Å². The first-order chi connectivity index (χ1) is 13.0. The van der Waals surface area contributed by atoms with Crippen LogP contribution in [0.15, 0.2) is 76.9 Å². The van der Waals surface area contributed by atoms with Gasteiger partial charge in [-0.05, 0) is 13.8 Å². The summed E-state index contributed by atoms with van der Waals surface area (Å²) in [5.41, 5.74) is 3.60. The molecule has 138 valence electrons.